The summed E-state index contributed by atoms with van der Waals surface area (Å²) >= 11 is 5.98. The summed E-state index contributed by atoms with van der Waals surface area (Å²) in [7, 11) is 0. The Kier molecular flexibility index (Phi) is 2.25. The Morgan fingerprint density at radius 3 is 3.07 bits per heavy atom. The van der Waals surface area contributed by atoms with Gasteiger partial charge in [-0.2, -0.15) is 5.10 Å². The summed E-state index contributed by atoms with van der Waals surface area (Å²) in [5.41, 5.74) is 1.42. The Hall–Kier alpha value is -1.35. The number of aromatic amines is 1. The fraction of sp³-hybridized carbons (Fsp3) is 0.200. The number of fused-ring (bicyclic) bond motifs is 1. The van der Waals surface area contributed by atoms with Gasteiger partial charge in [-0.05, 0) is 12.1 Å². The van der Waals surface area contributed by atoms with Gasteiger partial charge in [0, 0.05) is 17.4 Å². The van der Waals surface area contributed by atoms with Crippen LogP contribution in [0.3, 0.4) is 0 Å². The minimum absolute atomic E-state index is 0.0926. The Bertz CT molecular complexity index is 490. The van der Waals surface area contributed by atoms with Crippen molar-refractivity contribution in [1.82, 2.24) is 10.2 Å². The van der Waals surface area contributed by atoms with Gasteiger partial charge in [0.1, 0.15) is 0 Å². The molecule has 1 aromatic carbocycles. The molecule has 1 heterocycles. The molecule has 0 saturated heterocycles. The maximum absolute atomic E-state index is 11.4. The number of rotatable bonds is 2. The summed E-state index contributed by atoms with van der Waals surface area (Å²) in [6.45, 7) is 1.83. The molecule has 0 aliphatic carbocycles. The van der Waals surface area contributed by atoms with Crippen molar-refractivity contribution in [3.05, 3.63) is 28.9 Å². The fourth-order valence-corrected chi connectivity index (χ4v) is 1.65. The lowest BCUT2D eigenvalue weighted by Gasteiger charge is -1.99. The summed E-state index contributed by atoms with van der Waals surface area (Å²) in [4.78, 5) is 11.4. The molecule has 14 heavy (non-hydrogen) atoms. The fourth-order valence-electron chi connectivity index (χ4n) is 1.38. The van der Waals surface area contributed by atoms with Crippen molar-refractivity contribution < 1.29 is 4.79 Å². The van der Waals surface area contributed by atoms with Crippen LogP contribution in [-0.4, -0.2) is 16.0 Å². The number of halogens is 1. The number of nitrogens with zero attached hydrogens (tertiary/aromatic N) is 1. The number of nitrogens with one attached hydrogen (secondary N) is 1. The first-order chi connectivity index (χ1) is 6.72. The van der Waals surface area contributed by atoms with Crippen molar-refractivity contribution in [2.75, 3.05) is 0 Å². The van der Waals surface area contributed by atoms with Gasteiger partial charge in [-0.25, -0.2) is 0 Å². The van der Waals surface area contributed by atoms with Crippen LogP contribution in [0, 0.1) is 0 Å². The highest BCUT2D eigenvalue weighted by atomic mass is 35.5. The minimum atomic E-state index is 0.0926. The molecule has 0 amide bonds. The third-order valence-corrected chi connectivity index (χ3v) is 2.44. The Morgan fingerprint density at radius 1 is 1.57 bits per heavy atom. The molecule has 0 aliphatic heterocycles. The third kappa shape index (κ3) is 1.40. The van der Waals surface area contributed by atoms with E-state index < -0.39 is 0 Å². The zero-order chi connectivity index (χ0) is 10.1. The summed E-state index contributed by atoms with van der Waals surface area (Å²) in [5.74, 6) is 0.0926. The number of hydrogen-bond acceptors (Lipinski definition) is 2. The van der Waals surface area contributed by atoms with Crippen molar-refractivity contribution in [2.24, 2.45) is 0 Å². The number of carbonyl (C=O) groups is 1. The maximum atomic E-state index is 11.4. The number of H-pyrrole nitrogens is 1. The SMILES string of the molecule is CCC(=O)c1cc(Cl)c2[nH]ncc2c1. The van der Waals surface area contributed by atoms with Gasteiger partial charge < -0.3 is 0 Å². The van der Waals surface area contributed by atoms with Gasteiger partial charge in [-0.15, -0.1) is 0 Å². The van der Waals surface area contributed by atoms with E-state index in [-0.39, 0.29) is 5.78 Å². The minimum Gasteiger partial charge on any atom is -0.294 e. The first-order valence-corrected chi connectivity index (χ1v) is 4.76. The Balaban J connectivity index is 2.64. The topological polar surface area (TPSA) is 45.8 Å². The highest BCUT2D eigenvalue weighted by Gasteiger charge is 2.08. The first-order valence-electron chi connectivity index (χ1n) is 4.38. The second-order valence-corrected chi connectivity index (χ2v) is 3.48. The molecule has 0 radical (unpaired) electrons. The lowest BCUT2D eigenvalue weighted by Crippen LogP contribution is -1.95. The van der Waals surface area contributed by atoms with Crippen molar-refractivity contribution in [1.29, 1.82) is 0 Å². The van der Waals surface area contributed by atoms with Crippen LogP contribution in [0.15, 0.2) is 18.3 Å². The second-order valence-electron chi connectivity index (χ2n) is 3.07. The average molecular weight is 209 g/mol. The molecule has 2 rings (SSSR count). The van der Waals surface area contributed by atoms with Gasteiger partial charge in [-0.3, -0.25) is 9.89 Å². The van der Waals surface area contributed by atoms with E-state index in [4.69, 9.17) is 11.6 Å². The molecule has 0 aliphatic rings. The Labute approximate surface area is 86.1 Å². The predicted molar refractivity (Wildman–Crippen MR) is 55.7 cm³/mol. The van der Waals surface area contributed by atoms with E-state index in [1.807, 2.05) is 6.92 Å². The van der Waals surface area contributed by atoms with Crippen LogP contribution >= 0.6 is 11.6 Å². The lowest BCUT2D eigenvalue weighted by molar-refractivity contribution is 0.0988. The summed E-state index contributed by atoms with van der Waals surface area (Å²) in [6.07, 6.45) is 2.15. The average Bonchev–Trinajstić information content (AvgIpc) is 2.64. The van der Waals surface area contributed by atoms with Crippen molar-refractivity contribution in [3.8, 4) is 0 Å². The summed E-state index contributed by atoms with van der Waals surface area (Å²) in [6, 6.07) is 3.48. The molecule has 0 fully saturated rings. The molecular formula is C10H9ClN2O. The molecule has 0 unspecified atom stereocenters. The molecule has 1 N–H and O–H groups in total. The molecule has 0 atom stereocenters. The van der Waals surface area contributed by atoms with E-state index in [0.717, 1.165) is 10.9 Å². The van der Waals surface area contributed by atoms with Gasteiger partial charge >= 0.3 is 0 Å². The number of Topliss-reactive ketones (excluding diaryl/α,β-unsaturated/α-hetero) is 1. The van der Waals surface area contributed by atoms with Crippen LogP contribution in [-0.2, 0) is 0 Å². The lowest BCUT2D eigenvalue weighted by atomic mass is 10.1. The standard InChI is InChI=1S/C10H9ClN2O/c1-2-9(14)6-3-7-5-12-13-10(7)8(11)4-6/h3-5H,2H2,1H3,(H,12,13). The highest BCUT2D eigenvalue weighted by molar-refractivity contribution is 6.35. The largest absolute Gasteiger partial charge is 0.294 e. The number of carbonyl (C=O) groups excluding carboxylic acids is 1. The normalized spacial score (nSPS) is 10.7. The number of ketones is 1. The first kappa shape index (κ1) is 9.21. The molecule has 0 spiro atoms. The van der Waals surface area contributed by atoms with Gasteiger partial charge in [-0.1, -0.05) is 18.5 Å². The van der Waals surface area contributed by atoms with Crippen LogP contribution < -0.4 is 0 Å². The molecule has 72 valence electrons. The number of hydrogen-bond donors (Lipinski definition) is 1. The maximum Gasteiger partial charge on any atom is 0.162 e. The molecule has 1 aromatic heterocycles. The van der Waals surface area contributed by atoms with Crippen LogP contribution in [0.5, 0.6) is 0 Å². The van der Waals surface area contributed by atoms with E-state index in [2.05, 4.69) is 10.2 Å². The van der Waals surface area contributed by atoms with Gasteiger partial charge in [0.15, 0.2) is 5.78 Å². The molecular weight excluding hydrogens is 200 g/mol. The monoisotopic (exact) mass is 208 g/mol. The van der Waals surface area contributed by atoms with Crippen molar-refractivity contribution >= 4 is 28.3 Å². The van der Waals surface area contributed by atoms with Crippen molar-refractivity contribution in [3.63, 3.8) is 0 Å². The Morgan fingerprint density at radius 2 is 2.36 bits per heavy atom. The number of benzene rings is 1. The van der Waals surface area contributed by atoms with Gasteiger partial charge in [0.05, 0.1) is 16.7 Å². The third-order valence-electron chi connectivity index (χ3n) is 2.14. The predicted octanol–water partition coefficient (Wildman–Crippen LogP) is 2.81. The zero-order valence-corrected chi connectivity index (χ0v) is 8.43. The molecule has 3 nitrogen and oxygen atoms in total. The highest BCUT2D eigenvalue weighted by Crippen LogP contribution is 2.23. The van der Waals surface area contributed by atoms with Crippen molar-refractivity contribution in [2.45, 2.75) is 13.3 Å². The van der Waals surface area contributed by atoms with Crippen LogP contribution in [0.2, 0.25) is 5.02 Å². The smallest absolute Gasteiger partial charge is 0.162 e. The van der Waals surface area contributed by atoms with E-state index in [1.54, 1.807) is 18.3 Å². The molecule has 0 bridgehead atoms. The quantitative estimate of drug-likeness (QED) is 0.772. The summed E-state index contributed by atoms with van der Waals surface area (Å²) in [5, 5.41) is 8.05. The van der Waals surface area contributed by atoms with Crippen LogP contribution in [0.25, 0.3) is 10.9 Å². The van der Waals surface area contributed by atoms with Gasteiger partial charge in [0.25, 0.3) is 0 Å². The van der Waals surface area contributed by atoms with Crippen LogP contribution in [0.4, 0.5) is 0 Å². The molecule has 4 heteroatoms. The summed E-state index contributed by atoms with van der Waals surface area (Å²) < 4.78 is 0. The van der Waals surface area contributed by atoms with E-state index in [0.29, 0.717) is 17.0 Å². The van der Waals surface area contributed by atoms with E-state index >= 15 is 0 Å². The van der Waals surface area contributed by atoms with Gasteiger partial charge in [0.2, 0.25) is 0 Å². The molecule has 0 saturated carbocycles. The second kappa shape index (κ2) is 3.42. The van der Waals surface area contributed by atoms with E-state index in [9.17, 15) is 4.79 Å². The number of aromatic nitrogens is 2. The van der Waals surface area contributed by atoms with E-state index in [1.165, 1.54) is 0 Å². The molecule has 2 aromatic rings. The zero-order valence-electron chi connectivity index (χ0n) is 7.67. The van der Waals surface area contributed by atoms with Crippen LogP contribution in [0.1, 0.15) is 23.7 Å².